The van der Waals surface area contributed by atoms with Crippen LogP contribution < -0.4 is 0 Å². The van der Waals surface area contributed by atoms with Gasteiger partial charge in [-0.3, -0.25) is 24.4 Å². The molecule has 1 rings (SSSR count). The van der Waals surface area contributed by atoms with Crippen molar-refractivity contribution >= 4 is 27.6 Å². The molecule has 10 nitrogen and oxygen atoms in total. The van der Waals surface area contributed by atoms with Crippen LogP contribution in [-0.2, 0) is 9.53 Å². The van der Waals surface area contributed by atoms with Crippen LogP contribution in [0, 0.1) is 0 Å². The van der Waals surface area contributed by atoms with Crippen LogP contribution in [0.3, 0.4) is 0 Å². The van der Waals surface area contributed by atoms with Crippen LogP contribution in [0.4, 0.5) is 0 Å². The maximum Gasteiger partial charge on any atom is 0.305 e. The van der Waals surface area contributed by atoms with Crippen molar-refractivity contribution in [3.63, 3.8) is 0 Å². The van der Waals surface area contributed by atoms with Gasteiger partial charge >= 0.3 is 5.97 Å². The fourth-order valence-electron chi connectivity index (χ4n) is 10.1. The Kier molecular flexibility index (Phi) is 50.4. The summed E-state index contributed by atoms with van der Waals surface area (Å²) in [5.74, 6) is 2.04. The first-order chi connectivity index (χ1) is 34.7. The van der Waals surface area contributed by atoms with E-state index in [2.05, 4.69) is 47.3 Å². The minimum absolute atomic E-state index is 0.146. The lowest BCUT2D eigenvalue weighted by atomic mass is 10.0. The molecule has 1 fully saturated rings. The molecule has 1 heterocycles. The zero-order valence-corrected chi connectivity index (χ0v) is 49.0. The normalized spacial score (nSPS) is 15.5. The Hall–Kier alpha value is -0.150. The lowest BCUT2D eigenvalue weighted by Crippen LogP contribution is -2.47. The van der Waals surface area contributed by atoms with E-state index in [1.54, 1.807) is 0 Å². The molecule has 1 saturated heterocycles. The van der Waals surface area contributed by atoms with E-state index < -0.39 is 12.2 Å². The summed E-state index contributed by atoms with van der Waals surface area (Å²) < 4.78 is 5.71. The van der Waals surface area contributed by atoms with Crippen LogP contribution in [-0.4, -0.2) is 167 Å². The molecule has 0 aromatic heterocycles. The predicted molar refractivity (Wildman–Crippen MR) is 310 cm³/mol. The Balaban J connectivity index is 2.34. The van der Waals surface area contributed by atoms with Gasteiger partial charge in [-0.05, 0) is 51.6 Å². The van der Waals surface area contributed by atoms with Gasteiger partial charge in [0.05, 0.1) is 24.4 Å². The largest absolute Gasteiger partial charge is 0.464 e. The van der Waals surface area contributed by atoms with E-state index in [0.29, 0.717) is 52.2 Å². The van der Waals surface area contributed by atoms with Crippen molar-refractivity contribution in [1.82, 2.24) is 19.6 Å². The molecule has 1 aliphatic heterocycles. The average molecular weight is 1050 g/mol. The number of hydrogen-bond donors (Lipinski definition) is 4. The van der Waals surface area contributed by atoms with Crippen LogP contribution in [0.2, 0.25) is 0 Å². The van der Waals surface area contributed by atoms with Crippen LogP contribution in [0.5, 0.6) is 0 Å². The summed E-state index contributed by atoms with van der Waals surface area (Å²) in [7, 11) is 3.93. The number of rotatable bonds is 55. The van der Waals surface area contributed by atoms with Crippen molar-refractivity contribution in [2.75, 3.05) is 96.6 Å². The quantitative estimate of drug-likeness (QED) is 0.0264. The lowest BCUT2D eigenvalue weighted by Gasteiger charge is -2.34. The Labute approximate surface area is 448 Å². The number of hydrogen-bond acceptors (Lipinski definition) is 12. The van der Waals surface area contributed by atoms with Crippen molar-refractivity contribution in [3.8, 4) is 0 Å². The molecule has 0 saturated carbocycles. The van der Waals surface area contributed by atoms with Crippen LogP contribution in [0.25, 0.3) is 0 Å². The van der Waals surface area contributed by atoms with Gasteiger partial charge in [0.2, 0.25) is 0 Å². The molecule has 4 N–H and O–H groups in total. The van der Waals surface area contributed by atoms with Crippen molar-refractivity contribution < 1.29 is 30.0 Å². The van der Waals surface area contributed by atoms with E-state index in [1.807, 2.05) is 21.6 Å². The van der Waals surface area contributed by atoms with Crippen molar-refractivity contribution in [3.05, 3.63) is 0 Å². The Morgan fingerprint density at radius 2 is 0.732 bits per heavy atom. The van der Waals surface area contributed by atoms with Crippen LogP contribution >= 0.6 is 21.6 Å². The first kappa shape index (κ1) is 68.9. The SMILES string of the molecule is CCCCCCCCCCC(O)CN(CCCC(=O)OCCN1CCN(CCSSCCCN(CC(O)CCCCCCCC)CC(O)CCCCCCCC)CC1)CC(O)CCCCCCCCCC. The fourth-order valence-corrected chi connectivity index (χ4v) is 12.2. The predicted octanol–water partition coefficient (Wildman–Crippen LogP) is 13.3. The van der Waals surface area contributed by atoms with Gasteiger partial charge in [0.15, 0.2) is 0 Å². The van der Waals surface area contributed by atoms with E-state index in [-0.39, 0.29) is 18.2 Å². The topological polar surface area (TPSA) is 120 Å². The lowest BCUT2D eigenvalue weighted by molar-refractivity contribution is -0.144. The van der Waals surface area contributed by atoms with Crippen LogP contribution in [0.1, 0.15) is 252 Å². The molecule has 0 spiro atoms. The molecule has 71 heavy (non-hydrogen) atoms. The summed E-state index contributed by atoms with van der Waals surface area (Å²) in [5.41, 5.74) is 0. The van der Waals surface area contributed by atoms with Crippen molar-refractivity contribution in [2.45, 2.75) is 277 Å². The van der Waals surface area contributed by atoms with E-state index in [0.717, 1.165) is 115 Å². The monoisotopic (exact) mass is 1040 g/mol. The smallest absolute Gasteiger partial charge is 0.305 e. The van der Waals surface area contributed by atoms with E-state index >= 15 is 0 Å². The Morgan fingerprint density at radius 3 is 1.10 bits per heavy atom. The Bertz CT molecular complexity index is 1060. The standard InChI is InChI=1S/C59H120N4O6S2/c1-5-9-13-17-21-23-27-31-37-55(64)51-62(52-56(65)38-32-28-24-22-18-14-10-6-2)40-33-39-59(68)69-48-46-60-42-44-61(45-43-60)47-50-71-70-49-34-41-63(53-57(66)35-29-25-19-15-11-7-3)54-58(67)36-30-26-20-16-12-8-4/h55-58,64-67H,5-54H2,1-4H3. The van der Waals surface area contributed by atoms with Gasteiger partial charge < -0.3 is 25.2 Å². The van der Waals surface area contributed by atoms with Gasteiger partial charge in [-0.25, -0.2) is 0 Å². The van der Waals surface area contributed by atoms with Gasteiger partial charge in [0, 0.05) is 83.4 Å². The summed E-state index contributed by atoms with van der Waals surface area (Å²) >= 11 is 0. The maximum absolute atomic E-state index is 12.8. The van der Waals surface area contributed by atoms with Gasteiger partial charge in [-0.15, -0.1) is 0 Å². The molecule has 1 aliphatic rings. The second-order valence-electron chi connectivity index (χ2n) is 21.8. The summed E-state index contributed by atoms with van der Waals surface area (Å²) in [5, 5.41) is 43.8. The number of nitrogens with zero attached hydrogens (tertiary/aromatic N) is 4. The summed E-state index contributed by atoms with van der Waals surface area (Å²) in [4.78, 5) is 22.3. The molecule has 0 aromatic rings. The summed E-state index contributed by atoms with van der Waals surface area (Å²) in [6, 6.07) is 0. The fraction of sp³-hybridized carbons (Fsp3) is 0.983. The highest BCUT2D eigenvalue weighted by Crippen LogP contribution is 2.23. The van der Waals surface area contributed by atoms with E-state index in [9.17, 15) is 25.2 Å². The molecule has 0 amide bonds. The van der Waals surface area contributed by atoms with Gasteiger partial charge in [0.1, 0.15) is 6.61 Å². The van der Waals surface area contributed by atoms with Crippen LogP contribution in [0.15, 0.2) is 0 Å². The third-order valence-electron chi connectivity index (χ3n) is 14.7. The summed E-state index contributed by atoms with van der Waals surface area (Å²) in [6.07, 6.45) is 39.0. The molecule has 12 heteroatoms. The van der Waals surface area contributed by atoms with E-state index in [1.165, 1.54) is 154 Å². The summed E-state index contributed by atoms with van der Waals surface area (Å²) in [6.45, 7) is 19.5. The third-order valence-corrected chi connectivity index (χ3v) is 17.2. The van der Waals surface area contributed by atoms with E-state index in [4.69, 9.17) is 4.74 Å². The highest BCUT2D eigenvalue weighted by Gasteiger charge is 2.20. The number of ether oxygens (including phenoxy) is 1. The molecule has 4 atom stereocenters. The Morgan fingerprint density at radius 1 is 0.423 bits per heavy atom. The molecule has 0 aliphatic carbocycles. The number of carbonyl (C=O) groups excluding carboxylic acids is 1. The van der Waals surface area contributed by atoms with Gasteiger partial charge in [-0.2, -0.15) is 0 Å². The first-order valence-corrected chi connectivity index (χ1v) is 33.2. The minimum atomic E-state index is -0.403. The second kappa shape index (κ2) is 51.9. The van der Waals surface area contributed by atoms with Gasteiger partial charge in [0.25, 0.3) is 0 Å². The van der Waals surface area contributed by atoms with Crippen molar-refractivity contribution in [1.29, 1.82) is 0 Å². The molecule has 0 aromatic carbocycles. The zero-order valence-electron chi connectivity index (χ0n) is 47.4. The maximum atomic E-state index is 12.8. The number of carbonyl (C=O) groups is 1. The number of aliphatic hydroxyl groups excluding tert-OH is 4. The highest BCUT2D eigenvalue weighted by atomic mass is 33.1. The molecule has 0 radical (unpaired) electrons. The number of piperazine rings is 1. The van der Waals surface area contributed by atoms with Gasteiger partial charge in [-0.1, -0.05) is 229 Å². The molecular formula is C59H120N4O6S2. The number of unbranched alkanes of at least 4 members (excludes halogenated alkanes) is 24. The number of aliphatic hydroxyl groups is 4. The molecule has 4 unspecified atom stereocenters. The second-order valence-corrected chi connectivity index (χ2v) is 24.5. The number of esters is 1. The third kappa shape index (κ3) is 45.7. The highest BCUT2D eigenvalue weighted by molar-refractivity contribution is 8.76. The average Bonchev–Trinajstić information content (AvgIpc) is 3.35. The molecular weight excluding hydrogens is 925 g/mol. The van der Waals surface area contributed by atoms with Crippen molar-refractivity contribution in [2.24, 2.45) is 0 Å². The molecule has 0 bridgehead atoms. The first-order valence-electron chi connectivity index (χ1n) is 30.7. The molecule has 424 valence electrons. The minimum Gasteiger partial charge on any atom is -0.464 e. The zero-order chi connectivity index (χ0) is 51.7.